The van der Waals surface area contributed by atoms with Gasteiger partial charge in [0.1, 0.15) is 29.6 Å². The fraction of sp³-hybridized carbons (Fsp3) is 0.333. The number of ether oxygens (including phenoxy) is 1. The molecule has 0 aliphatic heterocycles. The molecule has 2 rings (SSSR count). The zero-order valence-corrected chi connectivity index (χ0v) is 13.8. The largest absolute Gasteiger partial charge is 0.489 e. The lowest BCUT2D eigenvalue weighted by atomic mass is 10.1. The van der Waals surface area contributed by atoms with E-state index in [4.69, 9.17) is 16.3 Å². The zero-order valence-electron chi connectivity index (χ0n) is 13.1. The molecule has 2 aromatic rings. The monoisotopic (exact) mass is 360 g/mol. The molecule has 6 heteroatoms. The van der Waals surface area contributed by atoms with Gasteiger partial charge in [0.05, 0.1) is 0 Å². The molecular weight excluding hydrogens is 344 g/mol. The Morgan fingerprint density at radius 2 is 1.54 bits per heavy atom. The predicted molar refractivity (Wildman–Crippen MR) is 85.5 cm³/mol. The first-order valence-electron chi connectivity index (χ1n) is 7.58. The maximum atomic E-state index is 13.6. The average molecular weight is 361 g/mol. The van der Waals surface area contributed by atoms with Gasteiger partial charge in [-0.25, -0.2) is 8.78 Å². The quantitative estimate of drug-likeness (QED) is 0.423. The number of unbranched alkanes of at least 4 members (excludes halogenated alkanes) is 1. The van der Waals surface area contributed by atoms with Crippen molar-refractivity contribution in [2.45, 2.75) is 38.2 Å². The summed E-state index contributed by atoms with van der Waals surface area (Å²) in [6.07, 6.45) is 3.20. The highest BCUT2D eigenvalue weighted by molar-refractivity contribution is 6.21. The summed E-state index contributed by atoms with van der Waals surface area (Å²) < 4.78 is 58.4. The Labute approximate surface area is 143 Å². The van der Waals surface area contributed by atoms with Crippen LogP contribution in [0.4, 0.5) is 17.6 Å². The first kappa shape index (κ1) is 18.6. The van der Waals surface area contributed by atoms with Crippen LogP contribution in [0, 0.1) is 11.6 Å². The SMILES string of the molecule is CCCCc1ccc(COc2cc(F)c(C(F)(F)Cl)c(F)c2)cc1. The van der Waals surface area contributed by atoms with E-state index in [0.717, 1.165) is 24.8 Å². The lowest BCUT2D eigenvalue weighted by Crippen LogP contribution is -2.10. The van der Waals surface area contributed by atoms with Gasteiger partial charge in [0, 0.05) is 12.1 Å². The molecule has 0 saturated heterocycles. The van der Waals surface area contributed by atoms with Crippen molar-refractivity contribution in [2.24, 2.45) is 0 Å². The molecule has 0 fully saturated rings. The summed E-state index contributed by atoms with van der Waals surface area (Å²) in [7, 11) is 0. The number of hydrogen-bond acceptors (Lipinski definition) is 1. The molecule has 0 amide bonds. The van der Waals surface area contributed by atoms with E-state index in [1.165, 1.54) is 5.56 Å². The van der Waals surface area contributed by atoms with Crippen LogP contribution in [0.3, 0.4) is 0 Å². The van der Waals surface area contributed by atoms with Crippen LogP contribution in [0.2, 0.25) is 0 Å². The van der Waals surface area contributed by atoms with Crippen LogP contribution in [0.25, 0.3) is 0 Å². The summed E-state index contributed by atoms with van der Waals surface area (Å²) in [4.78, 5) is 0. The van der Waals surface area contributed by atoms with E-state index in [2.05, 4.69) is 6.92 Å². The molecule has 0 aromatic heterocycles. The number of aryl methyl sites for hydroxylation is 1. The van der Waals surface area contributed by atoms with Crippen molar-refractivity contribution in [3.05, 3.63) is 64.7 Å². The molecule has 0 atom stereocenters. The highest BCUT2D eigenvalue weighted by atomic mass is 35.5. The van der Waals surface area contributed by atoms with Gasteiger partial charge in [0.25, 0.3) is 0 Å². The van der Waals surface area contributed by atoms with Crippen LogP contribution in [0.1, 0.15) is 36.5 Å². The predicted octanol–water partition coefficient (Wildman–Crippen LogP) is 6.17. The minimum Gasteiger partial charge on any atom is -0.489 e. The normalized spacial score (nSPS) is 11.6. The number of rotatable bonds is 7. The Morgan fingerprint density at radius 3 is 2.04 bits per heavy atom. The Kier molecular flexibility index (Phi) is 6.10. The second-order valence-electron chi connectivity index (χ2n) is 5.47. The third kappa shape index (κ3) is 4.87. The molecule has 0 unspecified atom stereocenters. The second kappa shape index (κ2) is 7.88. The Bertz CT molecular complexity index is 657. The average Bonchev–Trinajstić information content (AvgIpc) is 2.50. The van der Waals surface area contributed by atoms with Gasteiger partial charge in [-0.2, -0.15) is 8.78 Å². The fourth-order valence-corrected chi connectivity index (χ4v) is 2.43. The third-order valence-electron chi connectivity index (χ3n) is 3.55. The highest BCUT2D eigenvalue weighted by Gasteiger charge is 2.35. The lowest BCUT2D eigenvalue weighted by molar-refractivity contribution is 0.0856. The minimum atomic E-state index is -4.11. The van der Waals surface area contributed by atoms with Crippen molar-refractivity contribution in [3.8, 4) is 5.75 Å². The molecule has 0 spiro atoms. The molecule has 0 bridgehead atoms. The topological polar surface area (TPSA) is 9.23 Å². The Hall–Kier alpha value is -1.75. The van der Waals surface area contributed by atoms with Gasteiger partial charge in [-0.05, 0) is 35.6 Å². The van der Waals surface area contributed by atoms with Crippen molar-refractivity contribution < 1.29 is 22.3 Å². The number of alkyl halides is 3. The molecule has 2 aromatic carbocycles. The van der Waals surface area contributed by atoms with Gasteiger partial charge in [-0.15, -0.1) is 0 Å². The van der Waals surface area contributed by atoms with Gasteiger partial charge in [-0.3, -0.25) is 0 Å². The van der Waals surface area contributed by atoms with E-state index in [9.17, 15) is 17.6 Å². The molecule has 1 nitrogen and oxygen atoms in total. The van der Waals surface area contributed by atoms with E-state index >= 15 is 0 Å². The molecule has 0 N–H and O–H groups in total. The second-order valence-corrected chi connectivity index (χ2v) is 5.94. The van der Waals surface area contributed by atoms with E-state index < -0.39 is 22.6 Å². The van der Waals surface area contributed by atoms with Crippen LogP contribution in [0.5, 0.6) is 5.75 Å². The van der Waals surface area contributed by atoms with Gasteiger partial charge >= 0.3 is 5.38 Å². The fourth-order valence-electron chi connectivity index (χ4n) is 2.25. The molecular formula is C18H17ClF4O. The Morgan fingerprint density at radius 1 is 1.00 bits per heavy atom. The third-order valence-corrected chi connectivity index (χ3v) is 3.74. The van der Waals surface area contributed by atoms with Crippen LogP contribution in [-0.4, -0.2) is 0 Å². The van der Waals surface area contributed by atoms with Gasteiger partial charge in [0.15, 0.2) is 0 Å². The van der Waals surface area contributed by atoms with Crippen LogP contribution in [-0.2, 0) is 18.4 Å². The molecule has 0 aliphatic rings. The number of hydrogen-bond donors (Lipinski definition) is 0. The minimum absolute atomic E-state index is 0.0730. The van der Waals surface area contributed by atoms with E-state index in [-0.39, 0.29) is 12.4 Å². The molecule has 130 valence electrons. The maximum absolute atomic E-state index is 13.6. The molecule has 0 saturated carbocycles. The van der Waals surface area contributed by atoms with Gasteiger partial charge in [0.2, 0.25) is 0 Å². The van der Waals surface area contributed by atoms with E-state index in [1.807, 2.05) is 24.3 Å². The molecule has 24 heavy (non-hydrogen) atoms. The summed E-state index contributed by atoms with van der Waals surface area (Å²) in [5, 5.41) is -4.11. The van der Waals surface area contributed by atoms with Crippen molar-refractivity contribution in [3.63, 3.8) is 0 Å². The summed E-state index contributed by atoms with van der Waals surface area (Å²) >= 11 is 4.69. The van der Waals surface area contributed by atoms with Crippen molar-refractivity contribution >= 4 is 11.6 Å². The van der Waals surface area contributed by atoms with Crippen molar-refractivity contribution in [1.82, 2.24) is 0 Å². The van der Waals surface area contributed by atoms with Gasteiger partial charge < -0.3 is 4.74 Å². The maximum Gasteiger partial charge on any atom is 0.353 e. The summed E-state index contributed by atoms with van der Waals surface area (Å²) in [5.41, 5.74) is 0.533. The zero-order chi connectivity index (χ0) is 17.7. The number of halogens is 5. The van der Waals surface area contributed by atoms with E-state index in [0.29, 0.717) is 12.1 Å². The smallest absolute Gasteiger partial charge is 0.353 e. The molecule has 0 aliphatic carbocycles. The van der Waals surface area contributed by atoms with Crippen LogP contribution >= 0.6 is 11.6 Å². The Balaban J connectivity index is 2.04. The van der Waals surface area contributed by atoms with Crippen LogP contribution in [0.15, 0.2) is 36.4 Å². The molecule has 0 heterocycles. The highest BCUT2D eigenvalue weighted by Crippen LogP contribution is 2.37. The van der Waals surface area contributed by atoms with Crippen molar-refractivity contribution in [2.75, 3.05) is 0 Å². The number of benzene rings is 2. The first-order valence-corrected chi connectivity index (χ1v) is 7.96. The lowest BCUT2D eigenvalue weighted by Gasteiger charge is -2.13. The summed E-state index contributed by atoms with van der Waals surface area (Å²) in [6.45, 7) is 2.19. The summed E-state index contributed by atoms with van der Waals surface area (Å²) in [5.74, 6) is -3.07. The standard InChI is InChI=1S/C18H17ClF4O/c1-2-3-4-12-5-7-13(8-6-12)11-24-14-9-15(20)17(16(21)10-14)18(19,22)23/h5-10H,2-4,11H2,1H3. The van der Waals surface area contributed by atoms with E-state index in [1.54, 1.807) is 0 Å². The van der Waals surface area contributed by atoms with Gasteiger partial charge in [-0.1, -0.05) is 37.6 Å². The van der Waals surface area contributed by atoms with Crippen molar-refractivity contribution in [1.29, 1.82) is 0 Å². The molecule has 0 radical (unpaired) electrons. The first-order chi connectivity index (χ1) is 11.3. The van der Waals surface area contributed by atoms with Crippen LogP contribution < -0.4 is 4.74 Å². The summed E-state index contributed by atoms with van der Waals surface area (Å²) in [6, 6.07) is 9.05.